The Hall–Kier alpha value is -0.860. The first-order valence-electron chi connectivity index (χ1n) is 6.33. The lowest BCUT2D eigenvalue weighted by Gasteiger charge is -2.10. The number of fused-ring (bicyclic) bond motifs is 1. The summed E-state index contributed by atoms with van der Waals surface area (Å²) in [5.74, 6) is -0.0849. The van der Waals surface area contributed by atoms with Crippen LogP contribution in [0.4, 0.5) is 0 Å². The van der Waals surface area contributed by atoms with Gasteiger partial charge in [0.05, 0.1) is 17.1 Å². The van der Waals surface area contributed by atoms with E-state index in [4.69, 9.17) is 0 Å². The van der Waals surface area contributed by atoms with Crippen LogP contribution >= 0.6 is 31.9 Å². The van der Waals surface area contributed by atoms with Crippen LogP contribution < -0.4 is 5.32 Å². The van der Waals surface area contributed by atoms with Crippen molar-refractivity contribution < 1.29 is 13.2 Å². The zero-order valence-corrected chi connectivity index (χ0v) is 14.8. The SMILES string of the molecule is O=C(NC1CCS(=O)(=O)C1)c1c[nH]c2cc(Br)c(Br)cc12. The average Bonchev–Trinajstić information content (AvgIpc) is 2.93. The van der Waals surface area contributed by atoms with E-state index in [0.29, 0.717) is 12.0 Å². The molecule has 2 heterocycles. The number of aromatic nitrogens is 1. The van der Waals surface area contributed by atoms with E-state index in [2.05, 4.69) is 42.2 Å². The Morgan fingerprint density at radius 2 is 2.00 bits per heavy atom. The van der Waals surface area contributed by atoms with Gasteiger partial charge in [0.2, 0.25) is 0 Å². The molecule has 0 aliphatic carbocycles. The van der Waals surface area contributed by atoms with E-state index in [9.17, 15) is 13.2 Å². The molecule has 1 aliphatic heterocycles. The Kier molecular flexibility index (Phi) is 3.87. The third-order valence-corrected chi connectivity index (χ3v) is 7.15. The van der Waals surface area contributed by atoms with Crippen molar-refractivity contribution in [1.82, 2.24) is 10.3 Å². The van der Waals surface area contributed by atoms with Crippen LogP contribution in [0.25, 0.3) is 10.9 Å². The van der Waals surface area contributed by atoms with E-state index >= 15 is 0 Å². The summed E-state index contributed by atoms with van der Waals surface area (Å²) in [5, 5.41) is 3.59. The summed E-state index contributed by atoms with van der Waals surface area (Å²) in [5.41, 5.74) is 1.36. The van der Waals surface area contributed by atoms with Gasteiger partial charge in [0.15, 0.2) is 9.84 Å². The second-order valence-electron chi connectivity index (χ2n) is 5.09. The summed E-state index contributed by atoms with van der Waals surface area (Å²) in [7, 11) is -3.00. The number of carbonyl (C=O) groups is 1. The predicted octanol–water partition coefficient (Wildman–Crippen LogP) is 2.61. The van der Waals surface area contributed by atoms with Crippen molar-refractivity contribution in [2.45, 2.75) is 12.5 Å². The highest BCUT2D eigenvalue weighted by Gasteiger charge is 2.29. The molecule has 21 heavy (non-hydrogen) atoms. The highest BCUT2D eigenvalue weighted by Crippen LogP contribution is 2.30. The standard InChI is InChI=1S/C13H12Br2N2O3S/c14-10-3-8-9(5-16-12(8)4-11(10)15)13(18)17-7-1-2-21(19,20)6-7/h3-5,7,16H,1-2,6H2,(H,17,18). The quantitative estimate of drug-likeness (QED) is 0.760. The van der Waals surface area contributed by atoms with E-state index < -0.39 is 9.84 Å². The van der Waals surface area contributed by atoms with Crippen molar-refractivity contribution in [2.75, 3.05) is 11.5 Å². The van der Waals surface area contributed by atoms with E-state index in [1.54, 1.807) is 6.20 Å². The molecule has 5 nitrogen and oxygen atoms in total. The molecule has 2 N–H and O–H groups in total. The van der Waals surface area contributed by atoms with Gasteiger partial charge in [0.1, 0.15) is 0 Å². The third kappa shape index (κ3) is 3.02. The molecular weight excluding hydrogens is 424 g/mol. The number of amides is 1. The first-order valence-corrected chi connectivity index (χ1v) is 9.74. The molecule has 1 unspecified atom stereocenters. The zero-order valence-electron chi connectivity index (χ0n) is 10.8. The van der Waals surface area contributed by atoms with Gasteiger partial charge < -0.3 is 10.3 Å². The summed E-state index contributed by atoms with van der Waals surface area (Å²) in [4.78, 5) is 15.4. The third-order valence-electron chi connectivity index (χ3n) is 3.53. The number of hydrogen-bond donors (Lipinski definition) is 2. The van der Waals surface area contributed by atoms with Gasteiger partial charge in [0, 0.05) is 32.1 Å². The predicted molar refractivity (Wildman–Crippen MR) is 88.2 cm³/mol. The van der Waals surface area contributed by atoms with Gasteiger partial charge in [-0.2, -0.15) is 0 Å². The molecule has 1 saturated heterocycles. The number of sulfone groups is 1. The topological polar surface area (TPSA) is 79.0 Å². The van der Waals surface area contributed by atoms with E-state index in [1.807, 2.05) is 12.1 Å². The average molecular weight is 436 g/mol. The van der Waals surface area contributed by atoms with Gasteiger partial charge in [-0.1, -0.05) is 0 Å². The summed E-state index contributed by atoms with van der Waals surface area (Å²) in [6, 6.07) is 3.44. The fourth-order valence-electron chi connectivity index (χ4n) is 2.48. The van der Waals surface area contributed by atoms with Crippen LogP contribution in [0.2, 0.25) is 0 Å². The van der Waals surface area contributed by atoms with Gasteiger partial charge in [-0.3, -0.25) is 4.79 Å². The number of halogens is 2. The lowest BCUT2D eigenvalue weighted by molar-refractivity contribution is 0.0943. The molecule has 3 rings (SSSR count). The van der Waals surface area contributed by atoms with E-state index in [-0.39, 0.29) is 23.5 Å². The number of rotatable bonds is 2. The summed E-state index contributed by atoms with van der Waals surface area (Å²) >= 11 is 6.83. The minimum Gasteiger partial charge on any atom is -0.360 e. The van der Waals surface area contributed by atoms with Crippen molar-refractivity contribution in [3.63, 3.8) is 0 Å². The van der Waals surface area contributed by atoms with Crippen molar-refractivity contribution in [2.24, 2.45) is 0 Å². The number of nitrogens with one attached hydrogen (secondary N) is 2. The molecule has 1 atom stereocenters. The van der Waals surface area contributed by atoms with Crippen LogP contribution in [0.3, 0.4) is 0 Å². The first-order chi connectivity index (χ1) is 9.85. The summed E-state index contributed by atoms with van der Waals surface area (Å²) in [6.07, 6.45) is 2.12. The number of H-pyrrole nitrogens is 1. The molecule has 0 saturated carbocycles. The van der Waals surface area contributed by atoms with Crippen LogP contribution in [-0.4, -0.2) is 36.9 Å². The molecule has 1 fully saturated rings. The minimum atomic E-state index is -3.00. The second-order valence-corrected chi connectivity index (χ2v) is 9.03. The maximum absolute atomic E-state index is 12.3. The number of hydrogen-bond acceptors (Lipinski definition) is 3. The van der Waals surface area contributed by atoms with Crippen LogP contribution in [0.1, 0.15) is 16.8 Å². The first kappa shape index (κ1) is 15.1. The number of aromatic amines is 1. The maximum atomic E-state index is 12.3. The molecule has 1 aromatic heterocycles. The van der Waals surface area contributed by atoms with Gasteiger partial charge in [-0.15, -0.1) is 0 Å². The van der Waals surface area contributed by atoms with E-state index in [0.717, 1.165) is 19.8 Å². The molecule has 112 valence electrons. The molecule has 2 aromatic rings. The number of carbonyl (C=O) groups excluding carboxylic acids is 1. The fourth-order valence-corrected chi connectivity index (χ4v) is 4.84. The Bertz CT molecular complexity index is 829. The molecule has 1 aromatic carbocycles. The van der Waals surface area contributed by atoms with Crippen molar-refractivity contribution in [1.29, 1.82) is 0 Å². The number of benzene rings is 1. The van der Waals surface area contributed by atoms with Crippen LogP contribution in [0, 0.1) is 0 Å². The zero-order chi connectivity index (χ0) is 15.2. The summed E-state index contributed by atoms with van der Waals surface area (Å²) in [6.45, 7) is 0. The highest BCUT2D eigenvalue weighted by molar-refractivity contribution is 9.13. The smallest absolute Gasteiger partial charge is 0.253 e. The Labute approximate surface area is 138 Å². The highest BCUT2D eigenvalue weighted by atomic mass is 79.9. The Morgan fingerprint density at radius 1 is 1.29 bits per heavy atom. The molecular formula is C13H12Br2N2O3S. The van der Waals surface area contributed by atoms with Crippen molar-refractivity contribution >= 4 is 58.5 Å². The lowest BCUT2D eigenvalue weighted by atomic mass is 10.1. The van der Waals surface area contributed by atoms with Crippen molar-refractivity contribution in [3.8, 4) is 0 Å². The Morgan fingerprint density at radius 3 is 2.67 bits per heavy atom. The molecule has 0 spiro atoms. The van der Waals surface area contributed by atoms with E-state index in [1.165, 1.54) is 0 Å². The molecule has 1 amide bonds. The normalized spacial score (nSPS) is 20.8. The minimum absolute atomic E-state index is 0.0241. The Balaban J connectivity index is 1.87. The molecule has 0 radical (unpaired) electrons. The van der Waals surface area contributed by atoms with Gasteiger partial charge in [-0.25, -0.2) is 8.42 Å². The lowest BCUT2D eigenvalue weighted by Crippen LogP contribution is -2.35. The monoisotopic (exact) mass is 434 g/mol. The van der Waals surface area contributed by atoms with Crippen LogP contribution in [0.15, 0.2) is 27.3 Å². The summed E-state index contributed by atoms with van der Waals surface area (Å²) < 4.78 is 24.6. The maximum Gasteiger partial charge on any atom is 0.253 e. The molecule has 0 bridgehead atoms. The fraction of sp³-hybridized carbons (Fsp3) is 0.308. The van der Waals surface area contributed by atoms with Crippen molar-refractivity contribution in [3.05, 3.63) is 32.8 Å². The molecule has 8 heteroatoms. The van der Waals surface area contributed by atoms with Crippen LogP contribution in [-0.2, 0) is 9.84 Å². The van der Waals surface area contributed by atoms with Gasteiger partial charge in [0.25, 0.3) is 5.91 Å². The molecule has 1 aliphatic rings. The van der Waals surface area contributed by atoms with Gasteiger partial charge >= 0.3 is 0 Å². The van der Waals surface area contributed by atoms with Crippen LogP contribution in [0.5, 0.6) is 0 Å². The second kappa shape index (κ2) is 5.40. The van der Waals surface area contributed by atoms with Gasteiger partial charge in [-0.05, 0) is 50.4 Å². The largest absolute Gasteiger partial charge is 0.360 e.